The topological polar surface area (TPSA) is 144 Å². The number of carbonyl (C=O) groups excluding carboxylic acids is 1. The van der Waals surface area contributed by atoms with E-state index < -0.39 is 17.6 Å². The van der Waals surface area contributed by atoms with E-state index in [4.69, 9.17) is 15.9 Å². The molecule has 0 radical (unpaired) electrons. The number of rotatable bonds is 5. The van der Waals surface area contributed by atoms with Crippen molar-refractivity contribution >= 4 is 34.3 Å². The van der Waals surface area contributed by atoms with Crippen molar-refractivity contribution in [2.45, 2.75) is 45.3 Å². The highest BCUT2D eigenvalue weighted by atomic mass is 16.3. The molecule has 1 saturated heterocycles. The van der Waals surface area contributed by atoms with Crippen LogP contribution in [0.3, 0.4) is 0 Å². The normalized spacial score (nSPS) is 23.5. The van der Waals surface area contributed by atoms with Crippen molar-refractivity contribution in [3.63, 3.8) is 0 Å². The van der Waals surface area contributed by atoms with Crippen LogP contribution in [0.2, 0.25) is 0 Å². The maximum absolute atomic E-state index is 13.2. The molecule has 0 bridgehead atoms. The Bertz CT molecular complexity index is 1130. The monoisotopic (exact) mass is 438 g/mol. The minimum atomic E-state index is -0.959. The maximum atomic E-state index is 13.2. The van der Waals surface area contributed by atoms with E-state index in [0.29, 0.717) is 29.9 Å². The lowest BCUT2D eigenvalue weighted by Gasteiger charge is -2.46. The number of anilines is 3. The maximum Gasteiger partial charge on any atom is 0.263 e. The Hall–Kier alpha value is -3.17. The van der Waals surface area contributed by atoms with Crippen molar-refractivity contribution in [1.29, 1.82) is 0 Å². The molecular weight excluding hydrogens is 408 g/mol. The van der Waals surface area contributed by atoms with E-state index in [-0.39, 0.29) is 17.4 Å². The lowest BCUT2D eigenvalue weighted by atomic mass is 9.80. The molecular formula is C23H30N6O3. The lowest BCUT2D eigenvalue weighted by Crippen LogP contribution is -2.62. The summed E-state index contributed by atoms with van der Waals surface area (Å²) in [6, 6.07) is 3.26. The Morgan fingerprint density at radius 2 is 2.19 bits per heavy atom. The Labute approximate surface area is 186 Å². The molecule has 32 heavy (non-hydrogen) atoms. The van der Waals surface area contributed by atoms with Gasteiger partial charge in [-0.2, -0.15) is 0 Å². The zero-order valence-corrected chi connectivity index (χ0v) is 18.6. The van der Waals surface area contributed by atoms with Gasteiger partial charge in [0.15, 0.2) is 5.58 Å². The highest BCUT2D eigenvalue weighted by molar-refractivity contribution is 6.15. The Kier molecular flexibility index (Phi) is 5.79. The second-order valence-corrected chi connectivity index (χ2v) is 8.77. The molecule has 3 aromatic rings. The fourth-order valence-electron chi connectivity index (χ4n) is 4.20. The molecule has 0 spiro atoms. The van der Waals surface area contributed by atoms with E-state index in [0.717, 1.165) is 24.1 Å². The molecule has 6 N–H and O–H groups in total. The molecule has 170 valence electrons. The van der Waals surface area contributed by atoms with Gasteiger partial charge in [-0.05, 0) is 31.0 Å². The molecule has 3 unspecified atom stereocenters. The predicted octanol–water partition coefficient (Wildman–Crippen LogP) is 2.54. The van der Waals surface area contributed by atoms with E-state index in [2.05, 4.69) is 27.1 Å². The fourth-order valence-corrected chi connectivity index (χ4v) is 4.20. The summed E-state index contributed by atoms with van der Waals surface area (Å²) in [5, 5.41) is 13.5. The number of hydrogen-bond donors (Lipinski definition) is 4. The molecule has 1 aliphatic rings. The summed E-state index contributed by atoms with van der Waals surface area (Å²) in [4.78, 5) is 23.8. The van der Waals surface area contributed by atoms with Gasteiger partial charge < -0.3 is 31.2 Å². The van der Waals surface area contributed by atoms with Gasteiger partial charge in [0.25, 0.3) is 5.91 Å². The zero-order chi connectivity index (χ0) is 23.0. The van der Waals surface area contributed by atoms with E-state index in [1.165, 1.54) is 0 Å². The molecule has 0 aliphatic carbocycles. The first kappa shape index (κ1) is 22.0. The average molecular weight is 439 g/mol. The van der Waals surface area contributed by atoms with Crippen LogP contribution >= 0.6 is 0 Å². The molecule has 1 amide bonds. The third-order valence-electron chi connectivity index (χ3n) is 6.42. The minimum absolute atomic E-state index is 0.0220. The van der Waals surface area contributed by atoms with Gasteiger partial charge in [0, 0.05) is 31.4 Å². The highest BCUT2D eigenvalue weighted by Gasteiger charge is 2.41. The van der Waals surface area contributed by atoms with Crippen LogP contribution in [0.1, 0.15) is 43.1 Å². The fraction of sp³-hybridized carbons (Fsp3) is 0.435. The van der Waals surface area contributed by atoms with E-state index in [1.807, 2.05) is 19.1 Å². The van der Waals surface area contributed by atoms with Gasteiger partial charge in [-0.1, -0.05) is 20.3 Å². The van der Waals surface area contributed by atoms with Crippen molar-refractivity contribution in [1.82, 2.24) is 9.97 Å². The number of carbonyl (C=O) groups is 1. The quantitative estimate of drug-likeness (QED) is 0.476. The second kappa shape index (κ2) is 8.40. The average Bonchev–Trinajstić information content (AvgIpc) is 3.07. The number of nitrogens with one attached hydrogen (secondary N) is 1. The molecule has 4 rings (SSSR count). The van der Waals surface area contributed by atoms with Crippen molar-refractivity contribution in [2.75, 3.05) is 29.0 Å². The van der Waals surface area contributed by atoms with Gasteiger partial charge in [0.2, 0.25) is 5.88 Å². The van der Waals surface area contributed by atoms with Gasteiger partial charge in [-0.15, -0.1) is 0 Å². The van der Waals surface area contributed by atoms with Crippen LogP contribution in [0.15, 0.2) is 35.1 Å². The first-order chi connectivity index (χ1) is 15.2. The van der Waals surface area contributed by atoms with E-state index >= 15 is 0 Å². The Morgan fingerprint density at radius 3 is 2.91 bits per heavy atom. The molecule has 9 heteroatoms. The number of hydrogen-bond acceptors (Lipinski definition) is 8. The lowest BCUT2D eigenvalue weighted by molar-refractivity contribution is -0.0257. The van der Waals surface area contributed by atoms with Crippen LogP contribution in [0, 0.1) is 5.92 Å². The van der Waals surface area contributed by atoms with Crippen molar-refractivity contribution < 1.29 is 14.3 Å². The van der Waals surface area contributed by atoms with Gasteiger partial charge >= 0.3 is 0 Å². The SMILES string of the molecule is CCCc1cnc2c(C(=O)Nc3cnccc3N3CC(C)C(C)(O)C(N)C3)c(N)oc2c1. The molecule has 9 nitrogen and oxygen atoms in total. The number of nitrogens with two attached hydrogens (primary N) is 2. The molecule has 0 aromatic carbocycles. The summed E-state index contributed by atoms with van der Waals surface area (Å²) in [5.41, 5.74) is 14.8. The third kappa shape index (κ3) is 3.89. The third-order valence-corrected chi connectivity index (χ3v) is 6.42. The van der Waals surface area contributed by atoms with Crippen LogP contribution in [0.25, 0.3) is 11.1 Å². The number of piperidine rings is 1. The van der Waals surface area contributed by atoms with Gasteiger partial charge in [0.05, 0.1) is 29.2 Å². The summed E-state index contributed by atoms with van der Waals surface area (Å²) >= 11 is 0. The molecule has 3 aromatic heterocycles. The zero-order valence-electron chi connectivity index (χ0n) is 18.6. The summed E-state index contributed by atoms with van der Waals surface area (Å²) in [5.74, 6) is -0.459. The molecule has 1 fully saturated rings. The summed E-state index contributed by atoms with van der Waals surface area (Å²) in [7, 11) is 0. The second-order valence-electron chi connectivity index (χ2n) is 8.77. The summed E-state index contributed by atoms with van der Waals surface area (Å²) < 4.78 is 5.63. The number of nitrogens with zero attached hydrogens (tertiary/aromatic N) is 3. The Balaban J connectivity index is 1.62. The number of amides is 1. The number of aliphatic hydroxyl groups is 1. The molecule has 1 aliphatic heterocycles. The van der Waals surface area contributed by atoms with Gasteiger partial charge in [0.1, 0.15) is 11.1 Å². The Morgan fingerprint density at radius 1 is 1.41 bits per heavy atom. The predicted molar refractivity (Wildman–Crippen MR) is 125 cm³/mol. The molecule has 3 atom stereocenters. The standard InChI is InChI=1S/C23H30N6O3/c1-4-5-14-8-17-20(27-9-14)19(21(25)32-17)22(30)28-15-10-26-7-6-16(15)29-11-13(2)23(3,31)18(24)12-29/h6-10,13,18,31H,4-5,11-12,24-25H2,1-3H3,(H,28,30). The van der Waals surface area contributed by atoms with Gasteiger partial charge in [-0.3, -0.25) is 14.8 Å². The van der Waals surface area contributed by atoms with E-state index in [1.54, 1.807) is 25.5 Å². The van der Waals surface area contributed by atoms with Crippen LogP contribution in [0.4, 0.5) is 17.3 Å². The first-order valence-corrected chi connectivity index (χ1v) is 10.9. The van der Waals surface area contributed by atoms with Crippen LogP contribution in [-0.4, -0.2) is 45.7 Å². The van der Waals surface area contributed by atoms with Crippen molar-refractivity contribution in [3.8, 4) is 0 Å². The molecule has 0 saturated carbocycles. The summed E-state index contributed by atoms with van der Waals surface area (Å²) in [6.45, 7) is 6.85. The van der Waals surface area contributed by atoms with Crippen molar-refractivity contribution in [2.24, 2.45) is 11.7 Å². The number of fused-ring (bicyclic) bond motifs is 1. The van der Waals surface area contributed by atoms with Crippen LogP contribution < -0.4 is 21.7 Å². The van der Waals surface area contributed by atoms with Crippen LogP contribution in [-0.2, 0) is 6.42 Å². The summed E-state index contributed by atoms with van der Waals surface area (Å²) in [6.07, 6.45) is 6.84. The number of furan rings is 1. The van der Waals surface area contributed by atoms with E-state index in [9.17, 15) is 9.90 Å². The number of aryl methyl sites for hydroxylation is 1. The number of pyridine rings is 2. The minimum Gasteiger partial charge on any atom is -0.438 e. The first-order valence-electron chi connectivity index (χ1n) is 10.9. The number of nitrogen functional groups attached to an aromatic ring is 1. The molecule has 4 heterocycles. The smallest absolute Gasteiger partial charge is 0.263 e. The van der Waals surface area contributed by atoms with Gasteiger partial charge in [-0.25, -0.2) is 0 Å². The van der Waals surface area contributed by atoms with Crippen LogP contribution in [0.5, 0.6) is 0 Å². The largest absolute Gasteiger partial charge is 0.438 e. The number of aromatic nitrogens is 2. The van der Waals surface area contributed by atoms with Crippen molar-refractivity contribution in [3.05, 3.63) is 41.9 Å². The highest BCUT2D eigenvalue weighted by Crippen LogP contribution is 2.34.